The predicted molar refractivity (Wildman–Crippen MR) is 87.7 cm³/mol. The van der Waals surface area contributed by atoms with Gasteiger partial charge in [-0.3, -0.25) is 4.79 Å². The molecule has 1 amide bonds. The molecule has 0 aliphatic heterocycles. The highest BCUT2D eigenvalue weighted by Gasteiger charge is 2.16. The molecule has 0 heterocycles. The number of benzene rings is 2. The molecular weight excluding hydrogens is 298 g/mol. The second-order valence-corrected chi connectivity index (χ2v) is 7.41. The van der Waals surface area contributed by atoms with E-state index in [0.29, 0.717) is 5.69 Å². The zero-order valence-electron chi connectivity index (χ0n) is 12.7. The van der Waals surface area contributed by atoms with Gasteiger partial charge in [-0.15, -0.1) is 0 Å². The molecule has 0 saturated carbocycles. The molecule has 0 aliphatic rings. The first kappa shape index (κ1) is 16.2. The number of amides is 1. The molecule has 4 nitrogen and oxygen atoms in total. The molecule has 22 heavy (non-hydrogen) atoms. The summed E-state index contributed by atoms with van der Waals surface area (Å²) in [6.07, 6.45) is -0.0653. The van der Waals surface area contributed by atoms with Crippen LogP contribution < -0.4 is 5.32 Å². The lowest BCUT2D eigenvalue weighted by atomic mass is 10.2. The van der Waals surface area contributed by atoms with Gasteiger partial charge in [-0.1, -0.05) is 29.8 Å². The maximum absolute atomic E-state index is 12.2. The van der Waals surface area contributed by atoms with Crippen molar-refractivity contribution < 1.29 is 13.2 Å². The summed E-state index contributed by atoms with van der Waals surface area (Å²) in [4.78, 5) is 12.1. The number of nitrogens with one attached hydrogen (secondary N) is 1. The van der Waals surface area contributed by atoms with Crippen LogP contribution in [0.3, 0.4) is 0 Å². The Morgan fingerprint density at radius 3 is 2.32 bits per heavy atom. The molecule has 0 spiro atoms. The van der Waals surface area contributed by atoms with Gasteiger partial charge in [-0.05, 0) is 43.7 Å². The van der Waals surface area contributed by atoms with Crippen molar-refractivity contribution in [3.05, 3.63) is 59.7 Å². The van der Waals surface area contributed by atoms with Gasteiger partial charge in [0.1, 0.15) is 0 Å². The van der Waals surface area contributed by atoms with Crippen LogP contribution in [0.1, 0.15) is 17.5 Å². The zero-order chi connectivity index (χ0) is 16.2. The third kappa shape index (κ3) is 4.43. The highest BCUT2D eigenvalue weighted by Crippen LogP contribution is 2.14. The van der Waals surface area contributed by atoms with Gasteiger partial charge in [0.05, 0.1) is 10.6 Å². The van der Waals surface area contributed by atoms with E-state index in [1.54, 1.807) is 30.3 Å². The summed E-state index contributed by atoms with van der Waals surface area (Å²) in [5.41, 5.74) is 2.71. The van der Waals surface area contributed by atoms with E-state index in [0.717, 1.165) is 11.1 Å². The van der Waals surface area contributed by atoms with E-state index in [4.69, 9.17) is 0 Å². The molecular formula is C17H19NO3S. The SMILES string of the molecule is Cc1ccc(S(=O)(=O)CCC(=O)Nc2cccc(C)c2)cc1. The minimum Gasteiger partial charge on any atom is -0.326 e. The van der Waals surface area contributed by atoms with Crippen LogP contribution in [0.25, 0.3) is 0 Å². The highest BCUT2D eigenvalue weighted by atomic mass is 32.2. The number of carbonyl (C=O) groups is 1. The van der Waals surface area contributed by atoms with Crippen LogP contribution >= 0.6 is 0 Å². The lowest BCUT2D eigenvalue weighted by Gasteiger charge is -2.07. The highest BCUT2D eigenvalue weighted by molar-refractivity contribution is 7.91. The van der Waals surface area contributed by atoms with Crippen LogP contribution in [0.15, 0.2) is 53.4 Å². The van der Waals surface area contributed by atoms with Gasteiger partial charge in [0.2, 0.25) is 5.91 Å². The quantitative estimate of drug-likeness (QED) is 0.921. The summed E-state index contributed by atoms with van der Waals surface area (Å²) in [6, 6.07) is 14.0. The van der Waals surface area contributed by atoms with Crippen LogP contribution in [0, 0.1) is 13.8 Å². The second-order valence-electron chi connectivity index (χ2n) is 5.30. The van der Waals surface area contributed by atoms with Crippen molar-refractivity contribution in [3.63, 3.8) is 0 Å². The van der Waals surface area contributed by atoms with Crippen molar-refractivity contribution in [1.82, 2.24) is 0 Å². The van der Waals surface area contributed by atoms with Gasteiger partial charge in [0.25, 0.3) is 0 Å². The largest absolute Gasteiger partial charge is 0.326 e. The van der Waals surface area contributed by atoms with Crippen molar-refractivity contribution in [3.8, 4) is 0 Å². The van der Waals surface area contributed by atoms with Crippen molar-refractivity contribution in [2.75, 3.05) is 11.1 Å². The Bertz CT molecular complexity index is 765. The van der Waals surface area contributed by atoms with Gasteiger partial charge < -0.3 is 5.32 Å². The van der Waals surface area contributed by atoms with Crippen molar-refractivity contribution in [2.24, 2.45) is 0 Å². The molecule has 0 fully saturated rings. The zero-order valence-corrected chi connectivity index (χ0v) is 13.5. The summed E-state index contributed by atoms with van der Waals surface area (Å²) < 4.78 is 24.3. The van der Waals surface area contributed by atoms with Crippen LogP contribution in [-0.4, -0.2) is 20.1 Å². The fourth-order valence-corrected chi connectivity index (χ4v) is 3.28. The Balaban J connectivity index is 1.97. The fraction of sp³-hybridized carbons (Fsp3) is 0.235. The molecule has 0 radical (unpaired) electrons. The van der Waals surface area contributed by atoms with Gasteiger partial charge in [-0.25, -0.2) is 8.42 Å². The molecule has 2 aromatic carbocycles. The first-order chi connectivity index (χ1) is 10.4. The number of anilines is 1. The topological polar surface area (TPSA) is 63.2 Å². The summed E-state index contributed by atoms with van der Waals surface area (Å²) in [5.74, 6) is -0.505. The van der Waals surface area contributed by atoms with Gasteiger partial charge in [-0.2, -0.15) is 0 Å². The monoisotopic (exact) mass is 317 g/mol. The Morgan fingerprint density at radius 1 is 1.00 bits per heavy atom. The van der Waals surface area contributed by atoms with E-state index in [1.807, 2.05) is 32.0 Å². The van der Waals surface area contributed by atoms with Crippen LogP contribution in [0.4, 0.5) is 5.69 Å². The first-order valence-corrected chi connectivity index (χ1v) is 8.68. The standard InChI is InChI=1S/C17H19NO3S/c1-13-6-8-16(9-7-13)22(20,21)11-10-17(19)18-15-5-3-4-14(2)12-15/h3-9,12H,10-11H2,1-2H3,(H,18,19). The lowest BCUT2D eigenvalue weighted by Crippen LogP contribution is -2.17. The van der Waals surface area contributed by atoms with Crippen LogP contribution in [0.5, 0.6) is 0 Å². The normalized spacial score (nSPS) is 11.2. The molecule has 0 aromatic heterocycles. The molecule has 0 saturated heterocycles. The Labute approximate surface area is 131 Å². The molecule has 0 aliphatic carbocycles. The summed E-state index contributed by atoms with van der Waals surface area (Å²) in [6.45, 7) is 3.82. The third-order valence-corrected chi connectivity index (χ3v) is 5.01. The Kier molecular flexibility index (Phi) is 4.98. The van der Waals surface area contributed by atoms with Crippen molar-refractivity contribution in [2.45, 2.75) is 25.2 Å². The minimum atomic E-state index is -3.43. The maximum Gasteiger partial charge on any atom is 0.225 e. The predicted octanol–water partition coefficient (Wildman–Crippen LogP) is 3.11. The molecule has 1 N–H and O–H groups in total. The summed E-state index contributed by atoms with van der Waals surface area (Å²) in [7, 11) is -3.43. The first-order valence-electron chi connectivity index (χ1n) is 7.03. The molecule has 0 unspecified atom stereocenters. The van der Waals surface area contributed by atoms with Crippen molar-refractivity contribution >= 4 is 21.4 Å². The van der Waals surface area contributed by atoms with Gasteiger partial charge in [0.15, 0.2) is 9.84 Å². The van der Waals surface area contributed by atoms with E-state index >= 15 is 0 Å². The number of aryl methyl sites for hydroxylation is 2. The molecule has 2 rings (SSSR count). The summed E-state index contributed by atoms with van der Waals surface area (Å²) >= 11 is 0. The third-order valence-electron chi connectivity index (χ3n) is 3.28. The second kappa shape index (κ2) is 6.75. The molecule has 116 valence electrons. The number of hydrogen-bond acceptors (Lipinski definition) is 3. The summed E-state index contributed by atoms with van der Waals surface area (Å²) in [5, 5.41) is 2.71. The van der Waals surface area contributed by atoms with E-state index in [2.05, 4.69) is 5.32 Å². The number of rotatable bonds is 5. The average molecular weight is 317 g/mol. The molecule has 0 bridgehead atoms. The lowest BCUT2D eigenvalue weighted by molar-refractivity contribution is -0.115. The number of sulfone groups is 1. The molecule has 0 atom stereocenters. The van der Waals surface area contributed by atoms with E-state index in [-0.39, 0.29) is 23.0 Å². The molecule has 2 aromatic rings. The molecule has 5 heteroatoms. The maximum atomic E-state index is 12.2. The van der Waals surface area contributed by atoms with E-state index in [9.17, 15) is 13.2 Å². The average Bonchev–Trinajstić information content (AvgIpc) is 2.46. The van der Waals surface area contributed by atoms with Gasteiger partial charge >= 0.3 is 0 Å². The Hall–Kier alpha value is -2.14. The smallest absolute Gasteiger partial charge is 0.225 e. The fourth-order valence-electron chi connectivity index (χ4n) is 2.04. The van der Waals surface area contributed by atoms with Gasteiger partial charge in [0, 0.05) is 12.1 Å². The van der Waals surface area contributed by atoms with E-state index < -0.39 is 9.84 Å². The van der Waals surface area contributed by atoms with Crippen LogP contribution in [-0.2, 0) is 14.6 Å². The van der Waals surface area contributed by atoms with E-state index in [1.165, 1.54) is 0 Å². The Morgan fingerprint density at radius 2 is 1.68 bits per heavy atom. The van der Waals surface area contributed by atoms with Crippen molar-refractivity contribution in [1.29, 1.82) is 0 Å². The number of hydrogen-bond donors (Lipinski definition) is 1. The number of carbonyl (C=O) groups excluding carboxylic acids is 1. The minimum absolute atomic E-state index is 0.0653. The van der Waals surface area contributed by atoms with Crippen LogP contribution in [0.2, 0.25) is 0 Å².